The minimum Gasteiger partial charge on any atom is -0.327 e. The molecule has 0 aromatic heterocycles. The fourth-order valence-electron chi connectivity index (χ4n) is 3.21. The van der Waals surface area contributed by atoms with Crippen LogP contribution in [0.1, 0.15) is 42.9 Å². The molecule has 2 atom stereocenters. The zero-order valence-corrected chi connectivity index (χ0v) is 9.59. The van der Waals surface area contributed by atoms with E-state index in [1.165, 1.54) is 19.3 Å². The Morgan fingerprint density at radius 3 is 2.67 bits per heavy atom. The van der Waals surface area contributed by atoms with Gasteiger partial charge in [-0.05, 0) is 41.4 Å². The van der Waals surface area contributed by atoms with Crippen LogP contribution in [0.15, 0.2) is 18.2 Å². The van der Waals surface area contributed by atoms with Crippen LogP contribution in [0.2, 0.25) is 0 Å². The molecule has 0 saturated heterocycles. The highest BCUT2D eigenvalue weighted by Gasteiger charge is 2.56. The van der Waals surface area contributed by atoms with Crippen LogP contribution in [0.5, 0.6) is 0 Å². The monoisotopic (exact) mass is 201 g/mol. The molecule has 0 aliphatic heterocycles. The Morgan fingerprint density at radius 2 is 2.00 bits per heavy atom. The van der Waals surface area contributed by atoms with Crippen LogP contribution in [0, 0.1) is 5.41 Å². The molecule has 2 N–H and O–H groups in total. The summed E-state index contributed by atoms with van der Waals surface area (Å²) in [6.07, 6.45) is 3.87. The van der Waals surface area contributed by atoms with Crippen LogP contribution in [0.4, 0.5) is 0 Å². The lowest BCUT2D eigenvalue weighted by Gasteiger charge is -2.09. The summed E-state index contributed by atoms with van der Waals surface area (Å²) >= 11 is 0. The van der Waals surface area contributed by atoms with Gasteiger partial charge < -0.3 is 5.73 Å². The second-order valence-corrected chi connectivity index (χ2v) is 5.66. The highest BCUT2D eigenvalue weighted by molar-refractivity contribution is 5.46. The number of aryl methyl sites for hydroxylation is 1. The van der Waals surface area contributed by atoms with Gasteiger partial charge in [-0.3, -0.25) is 0 Å². The van der Waals surface area contributed by atoms with Crippen LogP contribution in [0.3, 0.4) is 0 Å². The first-order chi connectivity index (χ1) is 7.12. The molecule has 2 unspecified atom stereocenters. The first-order valence-corrected chi connectivity index (χ1v) is 5.98. The fraction of sp³-hybridized carbons (Fsp3) is 0.571. The van der Waals surface area contributed by atoms with Crippen molar-refractivity contribution in [3.63, 3.8) is 0 Å². The van der Waals surface area contributed by atoms with Crippen molar-refractivity contribution in [2.75, 3.05) is 0 Å². The molecule has 2 aliphatic rings. The Morgan fingerprint density at radius 1 is 1.27 bits per heavy atom. The molecule has 3 rings (SSSR count). The largest absolute Gasteiger partial charge is 0.327 e. The summed E-state index contributed by atoms with van der Waals surface area (Å²) in [6, 6.07) is 7.15. The van der Waals surface area contributed by atoms with E-state index in [2.05, 4.69) is 32.0 Å². The first kappa shape index (κ1) is 9.41. The Kier molecular flexibility index (Phi) is 1.79. The SMILES string of the molecule is CC1(C)C(N)C1c1cccc2c1CCC2. The van der Waals surface area contributed by atoms with Crippen LogP contribution in [-0.4, -0.2) is 6.04 Å². The van der Waals surface area contributed by atoms with Crippen molar-refractivity contribution in [3.8, 4) is 0 Å². The predicted molar refractivity (Wildman–Crippen MR) is 63.0 cm³/mol. The lowest BCUT2D eigenvalue weighted by molar-refractivity contribution is 0.598. The lowest BCUT2D eigenvalue weighted by atomic mass is 9.96. The molecule has 2 aliphatic carbocycles. The number of hydrogen-bond acceptors (Lipinski definition) is 1. The van der Waals surface area contributed by atoms with E-state index >= 15 is 0 Å². The molecule has 0 heterocycles. The number of rotatable bonds is 1. The van der Waals surface area contributed by atoms with Gasteiger partial charge in [-0.1, -0.05) is 32.0 Å². The topological polar surface area (TPSA) is 26.0 Å². The molecule has 1 aromatic rings. The average Bonchev–Trinajstić information content (AvgIpc) is 2.63. The van der Waals surface area contributed by atoms with Crippen molar-refractivity contribution in [1.29, 1.82) is 0 Å². The second kappa shape index (κ2) is 2.85. The van der Waals surface area contributed by atoms with Gasteiger partial charge in [0.25, 0.3) is 0 Å². The van der Waals surface area contributed by atoms with Crippen molar-refractivity contribution in [2.24, 2.45) is 11.1 Å². The van der Waals surface area contributed by atoms with Crippen molar-refractivity contribution >= 4 is 0 Å². The van der Waals surface area contributed by atoms with E-state index in [0.717, 1.165) is 0 Å². The summed E-state index contributed by atoms with van der Waals surface area (Å²) < 4.78 is 0. The van der Waals surface area contributed by atoms with Gasteiger partial charge in [0.1, 0.15) is 0 Å². The lowest BCUT2D eigenvalue weighted by Crippen LogP contribution is -2.06. The molecule has 80 valence electrons. The summed E-state index contributed by atoms with van der Waals surface area (Å²) in [5.74, 6) is 0.602. The third-order valence-corrected chi connectivity index (χ3v) is 4.43. The Balaban J connectivity index is 2.04. The third kappa shape index (κ3) is 1.19. The van der Waals surface area contributed by atoms with Gasteiger partial charge in [0, 0.05) is 12.0 Å². The van der Waals surface area contributed by atoms with Crippen LogP contribution < -0.4 is 5.73 Å². The van der Waals surface area contributed by atoms with Crippen molar-refractivity contribution in [1.82, 2.24) is 0 Å². The summed E-state index contributed by atoms with van der Waals surface area (Å²) in [5, 5.41) is 0. The zero-order valence-electron chi connectivity index (χ0n) is 9.59. The van der Waals surface area contributed by atoms with Gasteiger partial charge in [0.05, 0.1) is 0 Å². The molecule has 0 spiro atoms. The third-order valence-electron chi connectivity index (χ3n) is 4.43. The van der Waals surface area contributed by atoms with E-state index in [-0.39, 0.29) is 0 Å². The molecule has 1 heteroatoms. The maximum Gasteiger partial charge on any atom is 0.0172 e. The summed E-state index contributed by atoms with van der Waals surface area (Å²) in [6.45, 7) is 4.58. The summed E-state index contributed by atoms with van der Waals surface area (Å²) in [7, 11) is 0. The molecule has 0 amide bonds. The Hall–Kier alpha value is -0.820. The predicted octanol–water partition coefficient (Wildman–Crippen LogP) is 2.63. The standard InChI is InChI=1S/C14H19N/c1-14(2)12(13(14)15)11-8-4-6-9-5-3-7-10(9)11/h4,6,8,12-13H,3,5,7,15H2,1-2H3. The molecule has 1 nitrogen and oxygen atoms in total. The molecule has 1 fully saturated rings. The van der Waals surface area contributed by atoms with Gasteiger partial charge in [-0.2, -0.15) is 0 Å². The van der Waals surface area contributed by atoms with E-state index in [4.69, 9.17) is 5.73 Å². The van der Waals surface area contributed by atoms with Crippen LogP contribution in [0.25, 0.3) is 0 Å². The van der Waals surface area contributed by atoms with E-state index in [9.17, 15) is 0 Å². The smallest absolute Gasteiger partial charge is 0.0172 e. The fourth-order valence-corrected chi connectivity index (χ4v) is 3.21. The van der Waals surface area contributed by atoms with Crippen molar-refractivity contribution in [2.45, 2.75) is 45.1 Å². The van der Waals surface area contributed by atoms with E-state index in [1.807, 2.05) is 0 Å². The maximum atomic E-state index is 6.17. The minimum absolute atomic E-state index is 0.317. The van der Waals surface area contributed by atoms with Gasteiger partial charge in [-0.25, -0.2) is 0 Å². The van der Waals surface area contributed by atoms with Crippen LogP contribution in [-0.2, 0) is 12.8 Å². The van der Waals surface area contributed by atoms with Crippen LogP contribution >= 0.6 is 0 Å². The van der Waals surface area contributed by atoms with Gasteiger partial charge in [0.15, 0.2) is 0 Å². The van der Waals surface area contributed by atoms with Gasteiger partial charge >= 0.3 is 0 Å². The molecular weight excluding hydrogens is 182 g/mol. The molecular formula is C14H19N. The van der Waals surface area contributed by atoms with Crippen molar-refractivity contribution in [3.05, 3.63) is 34.9 Å². The molecule has 0 bridgehead atoms. The normalized spacial score (nSPS) is 31.4. The first-order valence-electron chi connectivity index (χ1n) is 5.98. The quantitative estimate of drug-likeness (QED) is 0.742. The van der Waals surface area contributed by atoms with Gasteiger partial charge in [0.2, 0.25) is 0 Å². The maximum absolute atomic E-state index is 6.17. The number of hydrogen-bond donors (Lipinski definition) is 1. The number of fused-ring (bicyclic) bond motifs is 1. The Labute approximate surface area is 91.7 Å². The highest BCUT2D eigenvalue weighted by Crippen LogP contribution is 2.58. The molecule has 0 radical (unpaired) electrons. The summed E-state index contributed by atoms with van der Waals surface area (Å²) in [4.78, 5) is 0. The Bertz CT molecular complexity index is 406. The number of nitrogens with two attached hydrogens (primary N) is 1. The summed E-state index contributed by atoms with van der Waals surface area (Å²) in [5.41, 5.74) is 11.2. The van der Waals surface area contributed by atoms with Gasteiger partial charge in [-0.15, -0.1) is 0 Å². The van der Waals surface area contributed by atoms with E-state index in [0.29, 0.717) is 17.4 Å². The van der Waals surface area contributed by atoms with E-state index in [1.54, 1.807) is 16.7 Å². The molecule has 1 aromatic carbocycles. The minimum atomic E-state index is 0.317. The highest BCUT2D eigenvalue weighted by atomic mass is 14.8. The molecule has 15 heavy (non-hydrogen) atoms. The zero-order chi connectivity index (χ0) is 10.6. The van der Waals surface area contributed by atoms with E-state index < -0.39 is 0 Å². The van der Waals surface area contributed by atoms with Crippen molar-refractivity contribution < 1.29 is 0 Å². The molecule has 1 saturated carbocycles. The number of benzene rings is 1. The average molecular weight is 201 g/mol. The second-order valence-electron chi connectivity index (χ2n) is 5.66.